The number of hydrogen-bond acceptors (Lipinski definition) is 5. The highest BCUT2D eigenvalue weighted by Gasteiger charge is 2.36. The fourth-order valence-corrected chi connectivity index (χ4v) is 3.81. The van der Waals surface area contributed by atoms with Crippen LogP contribution in [-0.4, -0.2) is 29.7 Å². The molecular weight excluding hydrogens is 276 g/mol. The molecule has 0 saturated heterocycles. The molecule has 0 bridgehead atoms. The molecule has 1 aliphatic rings. The van der Waals surface area contributed by atoms with Crippen LogP contribution in [-0.2, 0) is 21.2 Å². The molecule has 0 unspecified atom stereocenters. The standard InChI is InChI=1S/C10H14N2O4S2/c13-9(14)3-1-2-7-6-17-10(11-7)12-18(15,16)8-4-5-8/h6,8H,1-5H2,(H,11,12)(H,13,14). The lowest BCUT2D eigenvalue weighted by Gasteiger charge is -2.01. The van der Waals surface area contributed by atoms with Crippen molar-refractivity contribution in [1.29, 1.82) is 0 Å². The third-order valence-electron chi connectivity index (χ3n) is 2.57. The Bertz CT molecular complexity index is 534. The number of sulfonamides is 1. The first-order valence-electron chi connectivity index (χ1n) is 5.65. The van der Waals surface area contributed by atoms with E-state index in [1.165, 1.54) is 11.3 Å². The van der Waals surface area contributed by atoms with E-state index in [1.54, 1.807) is 5.38 Å². The zero-order valence-electron chi connectivity index (χ0n) is 9.63. The molecule has 1 aromatic rings. The van der Waals surface area contributed by atoms with E-state index in [1.807, 2.05) is 0 Å². The average molecular weight is 290 g/mol. The highest BCUT2D eigenvalue weighted by atomic mass is 32.2. The molecule has 6 nitrogen and oxygen atoms in total. The maximum atomic E-state index is 11.7. The number of anilines is 1. The molecule has 1 heterocycles. The minimum atomic E-state index is -3.26. The number of rotatable bonds is 7. The molecule has 2 rings (SSSR count). The number of carboxylic acid groups (broad SMARTS) is 1. The van der Waals surface area contributed by atoms with Gasteiger partial charge in [-0.05, 0) is 25.7 Å². The molecule has 0 radical (unpaired) electrons. The third-order valence-corrected chi connectivity index (χ3v) is 5.33. The molecule has 0 spiro atoms. The van der Waals surface area contributed by atoms with Gasteiger partial charge in [0.25, 0.3) is 0 Å². The quantitative estimate of drug-likeness (QED) is 0.792. The Kier molecular flexibility index (Phi) is 3.86. The highest BCUT2D eigenvalue weighted by molar-refractivity contribution is 7.93. The van der Waals surface area contributed by atoms with E-state index in [0.717, 1.165) is 5.69 Å². The SMILES string of the molecule is O=C(O)CCCc1csc(NS(=O)(=O)C2CC2)n1. The van der Waals surface area contributed by atoms with E-state index >= 15 is 0 Å². The number of thiazole rings is 1. The molecule has 1 aliphatic carbocycles. The molecule has 1 saturated carbocycles. The van der Waals surface area contributed by atoms with E-state index in [-0.39, 0.29) is 11.7 Å². The first-order valence-corrected chi connectivity index (χ1v) is 8.08. The van der Waals surface area contributed by atoms with Crippen molar-refractivity contribution in [1.82, 2.24) is 4.98 Å². The number of carboxylic acids is 1. The average Bonchev–Trinajstić information content (AvgIpc) is 3.03. The van der Waals surface area contributed by atoms with Gasteiger partial charge in [-0.3, -0.25) is 9.52 Å². The van der Waals surface area contributed by atoms with E-state index in [2.05, 4.69) is 9.71 Å². The Balaban J connectivity index is 1.88. The van der Waals surface area contributed by atoms with Crippen LogP contribution in [0.5, 0.6) is 0 Å². The third kappa shape index (κ3) is 3.67. The maximum Gasteiger partial charge on any atom is 0.303 e. The first-order chi connectivity index (χ1) is 8.47. The fourth-order valence-electron chi connectivity index (χ4n) is 1.47. The van der Waals surface area contributed by atoms with Crippen molar-refractivity contribution in [2.75, 3.05) is 4.72 Å². The minimum absolute atomic E-state index is 0.0979. The normalized spacial score (nSPS) is 15.6. The van der Waals surface area contributed by atoms with Crippen LogP contribution in [0.4, 0.5) is 5.13 Å². The van der Waals surface area contributed by atoms with Gasteiger partial charge in [0, 0.05) is 11.8 Å². The van der Waals surface area contributed by atoms with Crippen LogP contribution in [0, 0.1) is 0 Å². The summed E-state index contributed by atoms with van der Waals surface area (Å²) in [7, 11) is -3.26. The van der Waals surface area contributed by atoms with Gasteiger partial charge < -0.3 is 5.11 Å². The van der Waals surface area contributed by atoms with E-state index in [0.29, 0.717) is 30.8 Å². The number of carbonyl (C=O) groups is 1. The van der Waals surface area contributed by atoms with Crippen LogP contribution in [0.25, 0.3) is 0 Å². The second kappa shape index (κ2) is 5.23. The van der Waals surface area contributed by atoms with Gasteiger partial charge in [0.05, 0.1) is 10.9 Å². The predicted octanol–water partition coefficient (Wildman–Crippen LogP) is 1.45. The van der Waals surface area contributed by atoms with Crippen LogP contribution in [0.15, 0.2) is 5.38 Å². The Hall–Kier alpha value is -1.15. The van der Waals surface area contributed by atoms with Crippen LogP contribution >= 0.6 is 11.3 Å². The van der Waals surface area contributed by atoms with E-state index in [9.17, 15) is 13.2 Å². The van der Waals surface area contributed by atoms with E-state index in [4.69, 9.17) is 5.11 Å². The van der Waals surface area contributed by atoms with Gasteiger partial charge in [-0.25, -0.2) is 13.4 Å². The van der Waals surface area contributed by atoms with Gasteiger partial charge in [0.2, 0.25) is 10.0 Å². The number of nitrogens with zero attached hydrogens (tertiary/aromatic N) is 1. The van der Waals surface area contributed by atoms with Crippen molar-refractivity contribution in [3.05, 3.63) is 11.1 Å². The zero-order valence-corrected chi connectivity index (χ0v) is 11.3. The summed E-state index contributed by atoms with van der Waals surface area (Å²) in [4.78, 5) is 14.5. The summed E-state index contributed by atoms with van der Waals surface area (Å²) in [5.41, 5.74) is 0.731. The van der Waals surface area contributed by atoms with Crippen LogP contribution in [0.3, 0.4) is 0 Å². The second-order valence-electron chi connectivity index (χ2n) is 4.24. The minimum Gasteiger partial charge on any atom is -0.481 e. The molecule has 0 atom stereocenters. The Labute approximate surface area is 109 Å². The molecule has 100 valence electrons. The number of aryl methyl sites for hydroxylation is 1. The van der Waals surface area contributed by atoms with Crippen molar-refractivity contribution in [2.24, 2.45) is 0 Å². The maximum absolute atomic E-state index is 11.7. The van der Waals surface area contributed by atoms with Gasteiger partial charge in [0.15, 0.2) is 5.13 Å². The molecule has 0 amide bonds. The lowest BCUT2D eigenvalue weighted by atomic mass is 10.2. The van der Waals surface area contributed by atoms with Crippen LogP contribution in [0.2, 0.25) is 0 Å². The molecule has 1 fully saturated rings. The molecule has 1 aromatic heterocycles. The Morgan fingerprint density at radius 3 is 2.89 bits per heavy atom. The fraction of sp³-hybridized carbons (Fsp3) is 0.600. The molecule has 0 aromatic carbocycles. The lowest BCUT2D eigenvalue weighted by molar-refractivity contribution is -0.137. The summed E-state index contributed by atoms with van der Waals surface area (Å²) in [6.07, 6.45) is 2.58. The van der Waals surface area contributed by atoms with Gasteiger partial charge in [-0.2, -0.15) is 0 Å². The van der Waals surface area contributed by atoms with E-state index < -0.39 is 16.0 Å². The lowest BCUT2D eigenvalue weighted by Crippen LogP contribution is -2.17. The van der Waals surface area contributed by atoms with Gasteiger partial charge >= 0.3 is 5.97 Å². The summed E-state index contributed by atoms with van der Waals surface area (Å²) in [6.45, 7) is 0. The van der Waals surface area contributed by atoms with Gasteiger partial charge in [0.1, 0.15) is 0 Å². The van der Waals surface area contributed by atoms with Crippen molar-refractivity contribution < 1.29 is 18.3 Å². The van der Waals surface area contributed by atoms with Crippen molar-refractivity contribution in [3.63, 3.8) is 0 Å². The number of aliphatic carboxylic acids is 1. The van der Waals surface area contributed by atoms with Gasteiger partial charge in [-0.15, -0.1) is 11.3 Å². The molecule has 2 N–H and O–H groups in total. The summed E-state index contributed by atoms with van der Waals surface area (Å²) in [6, 6.07) is 0. The van der Waals surface area contributed by atoms with Crippen LogP contribution < -0.4 is 4.72 Å². The number of aromatic nitrogens is 1. The number of nitrogens with one attached hydrogen (secondary N) is 1. The highest BCUT2D eigenvalue weighted by Crippen LogP contribution is 2.30. The molecule has 18 heavy (non-hydrogen) atoms. The monoisotopic (exact) mass is 290 g/mol. The Morgan fingerprint density at radius 1 is 1.56 bits per heavy atom. The molecular formula is C10H14N2O4S2. The summed E-state index contributed by atoms with van der Waals surface area (Å²) in [5.74, 6) is -0.833. The largest absolute Gasteiger partial charge is 0.481 e. The Morgan fingerprint density at radius 2 is 2.28 bits per heavy atom. The number of hydrogen-bond donors (Lipinski definition) is 2. The first kappa shape index (κ1) is 13.3. The molecule has 0 aliphatic heterocycles. The summed E-state index contributed by atoms with van der Waals surface area (Å²) < 4.78 is 25.8. The summed E-state index contributed by atoms with van der Waals surface area (Å²) >= 11 is 1.23. The van der Waals surface area contributed by atoms with Crippen LogP contribution in [0.1, 0.15) is 31.4 Å². The zero-order chi connectivity index (χ0) is 13.2. The summed E-state index contributed by atoms with van der Waals surface area (Å²) in [5, 5.41) is 10.4. The van der Waals surface area contributed by atoms with Crippen molar-refractivity contribution in [2.45, 2.75) is 37.4 Å². The van der Waals surface area contributed by atoms with Crippen molar-refractivity contribution >= 4 is 32.5 Å². The van der Waals surface area contributed by atoms with Gasteiger partial charge in [-0.1, -0.05) is 0 Å². The predicted molar refractivity (Wildman–Crippen MR) is 68.3 cm³/mol. The van der Waals surface area contributed by atoms with Crippen molar-refractivity contribution in [3.8, 4) is 0 Å². The topological polar surface area (TPSA) is 96.4 Å². The second-order valence-corrected chi connectivity index (χ2v) is 7.06. The molecule has 8 heteroatoms. The smallest absolute Gasteiger partial charge is 0.303 e.